The largest absolute Gasteiger partial charge is 0.494 e. The predicted octanol–water partition coefficient (Wildman–Crippen LogP) is 0.380. The van der Waals surface area contributed by atoms with Crippen molar-refractivity contribution in [2.45, 2.75) is 19.6 Å². The second kappa shape index (κ2) is 3.96. The van der Waals surface area contributed by atoms with Gasteiger partial charge in [0.2, 0.25) is 0 Å². The summed E-state index contributed by atoms with van der Waals surface area (Å²) in [5, 5.41) is 0. The number of rotatable bonds is 3. The van der Waals surface area contributed by atoms with Crippen molar-refractivity contribution in [2.24, 2.45) is 17.2 Å². The van der Waals surface area contributed by atoms with Crippen molar-refractivity contribution < 1.29 is 4.74 Å². The van der Waals surface area contributed by atoms with E-state index >= 15 is 0 Å². The van der Waals surface area contributed by atoms with Crippen LogP contribution in [-0.2, 0) is 5.79 Å². The van der Waals surface area contributed by atoms with Crippen LogP contribution >= 0.6 is 0 Å². The molecule has 1 rings (SSSR count). The quantitative estimate of drug-likeness (QED) is 0.608. The molecule has 0 atom stereocenters. The monoisotopic (exact) mass is 195 g/mol. The van der Waals surface area contributed by atoms with E-state index < -0.39 is 5.79 Å². The van der Waals surface area contributed by atoms with Crippen molar-refractivity contribution in [3.63, 3.8) is 0 Å². The van der Waals surface area contributed by atoms with Gasteiger partial charge >= 0.3 is 0 Å². The maximum atomic E-state index is 5.62. The Bertz CT molecular complexity index is 318. The van der Waals surface area contributed by atoms with E-state index in [4.69, 9.17) is 21.9 Å². The lowest BCUT2D eigenvalue weighted by atomic mass is 10.0. The molecule has 0 spiro atoms. The Morgan fingerprint density at radius 1 is 1.29 bits per heavy atom. The third-order valence-corrected chi connectivity index (χ3v) is 1.99. The summed E-state index contributed by atoms with van der Waals surface area (Å²) in [5.74, 6) is -0.573. The maximum Gasteiger partial charge on any atom is 0.143 e. The van der Waals surface area contributed by atoms with E-state index in [1.54, 1.807) is 6.07 Å². The molecule has 78 valence electrons. The molecule has 0 saturated carbocycles. The SMILES string of the molecule is CCOc1ccc(C)c(C(N)(N)N)c1. The van der Waals surface area contributed by atoms with Gasteiger partial charge in [-0.25, -0.2) is 0 Å². The zero-order valence-electron chi connectivity index (χ0n) is 8.58. The Kier molecular flexibility index (Phi) is 3.10. The molecule has 0 fully saturated rings. The fourth-order valence-corrected chi connectivity index (χ4v) is 1.32. The molecule has 6 N–H and O–H groups in total. The summed E-state index contributed by atoms with van der Waals surface area (Å²) in [4.78, 5) is 0. The second-order valence-electron chi connectivity index (χ2n) is 3.34. The Hall–Kier alpha value is -1.10. The summed E-state index contributed by atoms with van der Waals surface area (Å²) in [6, 6.07) is 5.54. The first-order valence-corrected chi connectivity index (χ1v) is 4.55. The van der Waals surface area contributed by atoms with Gasteiger partial charge in [-0.2, -0.15) is 0 Å². The van der Waals surface area contributed by atoms with Gasteiger partial charge in [0.25, 0.3) is 0 Å². The Labute approximate surface area is 84.0 Å². The molecule has 0 unspecified atom stereocenters. The highest BCUT2D eigenvalue weighted by atomic mass is 16.5. The van der Waals surface area contributed by atoms with Gasteiger partial charge in [0.15, 0.2) is 0 Å². The minimum absolute atomic E-state index is 0.606. The summed E-state index contributed by atoms with van der Waals surface area (Å²) in [5.41, 5.74) is 18.5. The third kappa shape index (κ3) is 2.45. The summed E-state index contributed by atoms with van der Waals surface area (Å²) in [7, 11) is 0. The molecule has 0 amide bonds. The maximum absolute atomic E-state index is 5.62. The van der Waals surface area contributed by atoms with Crippen LogP contribution in [0.3, 0.4) is 0 Å². The van der Waals surface area contributed by atoms with E-state index in [2.05, 4.69) is 0 Å². The fraction of sp³-hybridized carbons (Fsp3) is 0.400. The molecule has 0 heterocycles. The van der Waals surface area contributed by atoms with Gasteiger partial charge in [0.05, 0.1) is 6.61 Å². The smallest absolute Gasteiger partial charge is 0.143 e. The lowest BCUT2D eigenvalue weighted by molar-refractivity contribution is 0.338. The lowest BCUT2D eigenvalue weighted by Gasteiger charge is -2.22. The molecular weight excluding hydrogens is 178 g/mol. The van der Waals surface area contributed by atoms with Crippen molar-refractivity contribution in [1.82, 2.24) is 0 Å². The normalized spacial score (nSPS) is 11.5. The van der Waals surface area contributed by atoms with Gasteiger partial charge < -0.3 is 4.74 Å². The lowest BCUT2D eigenvalue weighted by Crippen LogP contribution is -2.54. The number of benzene rings is 1. The Balaban J connectivity index is 3.09. The van der Waals surface area contributed by atoms with Crippen molar-refractivity contribution >= 4 is 0 Å². The molecule has 4 nitrogen and oxygen atoms in total. The first-order chi connectivity index (χ1) is 6.45. The van der Waals surface area contributed by atoms with Gasteiger partial charge in [-0.3, -0.25) is 17.2 Å². The molecule has 4 heteroatoms. The highest BCUT2D eigenvalue weighted by molar-refractivity contribution is 5.38. The van der Waals surface area contributed by atoms with E-state index in [0.29, 0.717) is 12.2 Å². The van der Waals surface area contributed by atoms with Crippen LogP contribution in [0.1, 0.15) is 18.1 Å². The minimum Gasteiger partial charge on any atom is -0.494 e. The zero-order chi connectivity index (χ0) is 10.8. The van der Waals surface area contributed by atoms with Gasteiger partial charge in [-0.15, -0.1) is 0 Å². The fourth-order valence-electron chi connectivity index (χ4n) is 1.32. The van der Waals surface area contributed by atoms with Crippen LogP contribution in [0.4, 0.5) is 0 Å². The molecule has 0 aromatic heterocycles. The number of ether oxygens (including phenoxy) is 1. The molecule has 0 saturated heterocycles. The minimum atomic E-state index is -1.31. The zero-order valence-corrected chi connectivity index (χ0v) is 8.58. The van der Waals surface area contributed by atoms with Gasteiger partial charge in [-0.1, -0.05) is 6.07 Å². The van der Waals surface area contributed by atoms with Gasteiger partial charge in [-0.05, 0) is 31.5 Å². The van der Waals surface area contributed by atoms with Crippen molar-refractivity contribution in [3.05, 3.63) is 29.3 Å². The molecule has 0 aliphatic heterocycles. The number of nitrogens with two attached hydrogens (primary N) is 3. The average molecular weight is 195 g/mol. The van der Waals surface area contributed by atoms with Crippen LogP contribution in [0.5, 0.6) is 5.75 Å². The van der Waals surface area contributed by atoms with Crippen LogP contribution in [0.2, 0.25) is 0 Å². The average Bonchev–Trinajstić information content (AvgIpc) is 2.07. The molecule has 14 heavy (non-hydrogen) atoms. The summed E-state index contributed by atoms with van der Waals surface area (Å²) < 4.78 is 5.33. The standard InChI is InChI=1S/C10H17N3O/c1-3-14-8-5-4-7(2)9(6-8)10(11,12)13/h4-6H,3,11-13H2,1-2H3. The molecule has 0 aliphatic carbocycles. The number of hydrogen-bond donors (Lipinski definition) is 3. The van der Waals surface area contributed by atoms with Gasteiger partial charge in [0, 0.05) is 5.56 Å². The number of aryl methyl sites for hydroxylation is 1. The summed E-state index contributed by atoms with van der Waals surface area (Å²) >= 11 is 0. The van der Waals surface area contributed by atoms with Crippen LogP contribution in [0.25, 0.3) is 0 Å². The molecule has 0 radical (unpaired) electrons. The molecule has 1 aromatic carbocycles. The first-order valence-electron chi connectivity index (χ1n) is 4.55. The molecule has 0 bridgehead atoms. The second-order valence-corrected chi connectivity index (χ2v) is 3.34. The Morgan fingerprint density at radius 3 is 2.43 bits per heavy atom. The van der Waals surface area contributed by atoms with Crippen LogP contribution in [0, 0.1) is 6.92 Å². The molecule has 1 aromatic rings. The predicted molar refractivity (Wildman–Crippen MR) is 56.6 cm³/mol. The highest BCUT2D eigenvalue weighted by Crippen LogP contribution is 2.20. The van der Waals surface area contributed by atoms with Crippen molar-refractivity contribution in [2.75, 3.05) is 6.61 Å². The topological polar surface area (TPSA) is 87.3 Å². The third-order valence-electron chi connectivity index (χ3n) is 1.99. The van der Waals surface area contributed by atoms with E-state index in [0.717, 1.165) is 11.3 Å². The highest BCUT2D eigenvalue weighted by Gasteiger charge is 2.18. The van der Waals surface area contributed by atoms with Gasteiger partial charge in [0.1, 0.15) is 11.5 Å². The van der Waals surface area contributed by atoms with Crippen LogP contribution in [-0.4, -0.2) is 6.61 Å². The van der Waals surface area contributed by atoms with E-state index in [1.807, 2.05) is 26.0 Å². The Morgan fingerprint density at radius 2 is 1.93 bits per heavy atom. The van der Waals surface area contributed by atoms with E-state index in [1.165, 1.54) is 0 Å². The van der Waals surface area contributed by atoms with E-state index in [-0.39, 0.29) is 0 Å². The first kappa shape index (κ1) is 11.0. The summed E-state index contributed by atoms with van der Waals surface area (Å²) in [6.45, 7) is 4.43. The van der Waals surface area contributed by atoms with Crippen molar-refractivity contribution in [1.29, 1.82) is 0 Å². The van der Waals surface area contributed by atoms with E-state index in [9.17, 15) is 0 Å². The van der Waals surface area contributed by atoms with Crippen LogP contribution < -0.4 is 21.9 Å². The number of hydrogen-bond acceptors (Lipinski definition) is 4. The van der Waals surface area contributed by atoms with Crippen molar-refractivity contribution in [3.8, 4) is 5.75 Å². The van der Waals surface area contributed by atoms with Crippen LogP contribution in [0.15, 0.2) is 18.2 Å². The summed E-state index contributed by atoms with van der Waals surface area (Å²) in [6.07, 6.45) is 0. The molecular formula is C10H17N3O. The molecule has 0 aliphatic rings.